The van der Waals surface area contributed by atoms with E-state index >= 15 is 0 Å². The Morgan fingerprint density at radius 1 is 1.12 bits per heavy atom. The molecule has 1 aromatic carbocycles. The number of hydrogen-bond acceptors (Lipinski definition) is 2. The number of anilines is 1. The topological polar surface area (TPSA) is 37.4 Å². The van der Waals surface area contributed by atoms with Crippen LogP contribution in [0.15, 0.2) is 30.4 Å². The van der Waals surface area contributed by atoms with Gasteiger partial charge in [0.15, 0.2) is 0 Å². The predicted octanol–water partition coefficient (Wildman–Crippen LogP) is 1.99. The zero-order chi connectivity index (χ0) is 11.7. The Kier molecular flexibility index (Phi) is 2.60. The van der Waals surface area contributed by atoms with E-state index in [4.69, 9.17) is 0 Å². The van der Waals surface area contributed by atoms with Gasteiger partial charge in [0.25, 0.3) is 11.8 Å². The summed E-state index contributed by atoms with van der Waals surface area (Å²) in [7, 11) is 0. The molecule has 2 rings (SSSR count). The fourth-order valence-corrected chi connectivity index (χ4v) is 1.95. The van der Waals surface area contributed by atoms with Crippen molar-refractivity contribution in [2.45, 2.75) is 20.3 Å². The second-order valence-corrected chi connectivity index (χ2v) is 3.78. The summed E-state index contributed by atoms with van der Waals surface area (Å²) in [5.41, 5.74) is 2.71. The third-order valence-electron chi connectivity index (χ3n) is 2.74. The number of carbonyl (C=O) groups excluding carboxylic acids is 2. The zero-order valence-electron chi connectivity index (χ0n) is 9.36. The van der Waals surface area contributed by atoms with E-state index in [1.807, 2.05) is 32.0 Å². The summed E-state index contributed by atoms with van der Waals surface area (Å²) in [6.07, 6.45) is 3.43. The molecule has 1 aliphatic heterocycles. The van der Waals surface area contributed by atoms with Gasteiger partial charge in [-0.25, -0.2) is 4.90 Å². The monoisotopic (exact) mass is 215 g/mol. The van der Waals surface area contributed by atoms with Crippen molar-refractivity contribution in [3.05, 3.63) is 41.5 Å². The minimum absolute atomic E-state index is 0.256. The Labute approximate surface area is 94.4 Å². The van der Waals surface area contributed by atoms with Crippen molar-refractivity contribution in [1.29, 1.82) is 0 Å². The fourth-order valence-electron chi connectivity index (χ4n) is 1.95. The molecule has 0 aromatic heterocycles. The fraction of sp³-hybridized carbons (Fsp3) is 0.231. The third-order valence-corrected chi connectivity index (χ3v) is 2.74. The van der Waals surface area contributed by atoms with E-state index in [2.05, 4.69) is 0 Å². The van der Waals surface area contributed by atoms with Gasteiger partial charge in [0.05, 0.1) is 5.69 Å². The van der Waals surface area contributed by atoms with Gasteiger partial charge in [-0.2, -0.15) is 0 Å². The minimum Gasteiger partial charge on any atom is -0.269 e. The largest absolute Gasteiger partial charge is 0.269 e. The molecule has 3 heteroatoms. The minimum atomic E-state index is -0.256. The van der Waals surface area contributed by atoms with Crippen LogP contribution < -0.4 is 4.90 Å². The number of imide groups is 1. The van der Waals surface area contributed by atoms with Crippen molar-refractivity contribution in [3.8, 4) is 0 Å². The molecule has 82 valence electrons. The van der Waals surface area contributed by atoms with Crippen molar-refractivity contribution in [2.24, 2.45) is 0 Å². The summed E-state index contributed by atoms with van der Waals surface area (Å²) in [5.74, 6) is -0.511. The second-order valence-electron chi connectivity index (χ2n) is 3.78. The lowest BCUT2D eigenvalue weighted by atomic mass is 10.0. The smallest absolute Gasteiger partial charge is 0.258 e. The number of carbonyl (C=O) groups is 2. The first-order chi connectivity index (χ1) is 7.65. The average Bonchev–Trinajstić information content (AvgIpc) is 2.59. The Balaban J connectivity index is 2.55. The van der Waals surface area contributed by atoms with Crippen LogP contribution in [0.25, 0.3) is 0 Å². The molecule has 0 spiro atoms. The molecule has 0 unspecified atom stereocenters. The van der Waals surface area contributed by atoms with Crippen LogP contribution in [0.2, 0.25) is 0 Å². The van der Waals surface area contributed by atoms with E-state index in [0.29, 0.717) is 0 Å². The van der Waals surface area contributed by atoms with Gasteiger partial charge in [0.1, 0.15) is 0 Å². The first kappa shape index (κ1) is 10.6. The lowest BCUT2D eigenvalue weighted by Gasteiger charge is -2.19. The molecule has 1 aliphatic rings. The highest BCUT2D eigenvalue weighted by Gasteiger charge is 2.27. The second kappa shape index (κ2) is 3.93. The van der Waals surface area contributed by atoms with Crippen LogP contribution in [0.4, 0.5) is 5.69 Å². The highest BCUT2D eigenvalue weighted by molar-refractivity contribution is 6.28. The molecule has 3 nitrogen and oxygen atoms in total. The van der Waals surface area contributed by atoms with Gasteiger partial charge in [0, 0.05) is 12.2 Å². The number of nitrogens with zero attached hydrogens (tertiary/aromatic N) is 1. The van der Waals surface area contributed by atoms with Crippen molar-refractivity contribution >= 4 is 17.5 Å². The van der Waals surface area contributed by atoms with E-state index in [9.17, 15) is 9.59 Å². The zero-order valence-corrected chi connectivity index (χ0v) is 9.36. The van der Waals surface area contributed by atoms with Gasteiger partial charge < -0.3 is 0 Å². The van der Waals surface area contributed by atoms with E-state index in [1.54, 1.807) is 0 Å². The van der Waals surface area contributed by atoms with E-state index < -0.39 is 0 Å². The van der Waals surface area contributed by atoms with Gasteiger partial charge in [-0.3, -0.25) is 9.59 Å². The number of aryl methyl sites for hydroxylation is 2. The number of rotatable bonds is 2. The average molecular weight is 215 g/mol. The standard InChI is InChI=1S/C13H13NO2/c1-3-10-6-4-5-9(2)13(10)14-11(15)7-8-12(14)16/h4-8H,3H2,1-2H3. The number of hydrogen-bond donors (Lipinski definition) is 0. The quantitative estimate of drug-likeness (QED) is 0.707. The van der Waals surface area contributed by atoms with Crippen LogP contribution in [0.1, 0.15) is 18.1 Å². The van der Waals surface area contributed by atoms with Crippen LogP contribution in [0.5, 0.6) is 0 Å². The molecule has 16 heavy (non-hydrogen) atoms. The van der Waals surface area contributed by atoms with Gasteiger partial charge >= 0.3 is 0 Å². The van der Waals surface area contributed by atoms with Crippen LogP contribution >= 0.6 is 0 Å². The van der Waals surface area contributed by atoms with Crippen molar-refractivity contribution in [1.82, 2.24) is 0 Å². The molecule has 1 aromatic rings. The maximum Gasteiger partial charge on any atom is 0.258 e. The first-order valence-electron chi connectivity index (χ1n) is 5.29. The SMILES string of the molecule is CCc1cccc(C)c1N1C(=O)C=CC1=O. The molecule has 1 heterocycles. The van der Waals surface area contributed by atoms with Crippen LogP contribution in [-0.2, 0) is 16.0 Å². The maximum absolute atomic E-state index is 11.6. The van der Waals surface area contributed by atoms with Gasteiger partial charge in [-0.15, -0.1) is 0 Å². The van der Waals surface area contributed by atoms with Crippen molar-refractivity contribution < 1.29 is 9.59 Å². The number of amides is 2. The molecule has 0 saturated carbocycles. The lowest BCUT2D eigenvalue weighted by molar-refractivity contribution is -0.120. The molecular weight excluding hydrogens is 202 g/mol. The predicted molar refractivity (Wildman–Crippen MR) is 62.2 cm³/mol. The molecular formula is C13H13NO2. The van der Waals surface area contributed by atoms with Gasteiger partial charge in [-0.05, 0) is 24.5 Å². The summed E-state index contributed by atoms with van der Waals surface area (Å²) in [4.78, 5) is 24.5. The molecule has 0 aliphatic carbocycles. The molecule has 2 amide bonds. The van der Waals surface area contributed by atoms with E-state index in [-0.39, 0.29) is 11.8 Å². The Bertz CT molecular complexity index is 471. The third kappa shape index (κ3) is 1.54. The van der Waals surface area contributed by atoms with E-state index in [1.165, 1.54) is 17.1 Å². The van der Waals surface area contributed by atoms with E-state index in [0.717, 1.165) is 23.2 Å². The first-order valence-corrected chi connectivity index (χ1v) is 5.29. The Hall–Kier alpha value is -1.90. The van der Waals surface area contributed by atoms with Crippen LogP contribution in [-0.4, -0.2) is 11.8 Å². The Morgan fingerprint density at radius 2 is 1.75 bits per heavy atom. The highest BCUT2D eigenvalue weighted by atomic mass is 16.2. The number of para-hydroxylation sites is 1. The molecule has 0 radical (unpaired) electrons. The Morgan fingerprint density at radius 3 is 2.31 bits per heavy atom. The number of benzene rings is 1. The van der Waals surface area contributed by atoms with Gasteiger partial charge in [0.2, 0.25) is 0 Å². The van der Waals surface area contributed by atoms with Crippen molar-refractivity contribution in [3.63, 3.8) is 0 Å². The highest BCUT2D eigenvalue weighted by Crippen LogP contribution is 2.28. The summed E-state index contributed by atoms with van der Waals surface area (Å²) < 4.78 is 0. The van der Waals surface area contributed by atoms with Crippen molar-refractivity contribution in [2.75, 3.05) is 4.90 Å². The molecule has 0 bridgehead atoms. The van der Waals surface area contributed by atoms with Crippen LogP contribution in [0.3, 0.4) is 0 Å². The molecule has 0 saturated heterocycles. The molecule has 0 fully saturated rings. The molecule has 0 atom stereocenters. The lowest BCUT2D eigenvalue weighted by Crippen LogP contribution is -2.31. The normalized spacial score (nSPS) is 15.0. The molecule has 0 N–H and O–H groups in total. The van der Waals surface area contributed by atoms with Gasteiger partial charge in [-0.1, -0.05) is 25.1 Å². The maximum atomic E-state index is 11.6. The summed E-state index contributed by atoms with van der Waals surface area (Å²) in [6.45, 7) is 3.92. The summed E-state index contributed by atoms with van der Waals surface area (Å²) >= 11 is 0. The summed E-state index contributed by atoms with van der Waals surface area (Å²) in [6, 6.07) is 5.80. The van der Waals surface area contributed by atoms with Crippen LogP contribution in [0, 0.1) is 6.92 Å². The summed E-state index contributed by atoms with van der Waals surface area (Å²) in [5, 5.41) is 0.